The Hall–Kier alpha value is -1.26. The average Bonchev–Trinajstić information content (AvgIpc) is 2.31. The third-order valence-electron chi connectivity index (χ3n) is 2.92. The first-order valence-corrected chi connectivity index (χ1v) is 5.85. The lowest BCUT2D eigenvalue weighted by Gasteiger charge is -2.40. The second-order valence-electron chi connectivity index (χ2n) is 4.04. The molecule has 1 aliphatic rings. The van der Waals surface area contributed by atoms with Crippen molar-refractivity contribution in [2.24, 2.45) is 0 Å². The molecule has 0 radical (unpaired) electrons. The Morgan fingerprint density at radius 1 is 1.29 bits per heavy atom. The van der Waals surface area contributed by atoms with Crippen LogP contribution < -0.4 is 9.47 Å². The molecule has 3 unspecified atom stereocenters. The Morgan fingerprint density at radius 2 is 2.00 bits per heavy atom. The van der Waals surface area contributed by atoms with Crippen LogP contribution in [0.15, 0.2) is 24.3 Å². The highest BCUT2D eigenvalue weighted by molar-refractivity contribution is 5.39. The topological polar surface area (TPSA) is 47.9 Å². The van der Waals surface area contributed by atoms with Crippen LogP contribution in [-0.4, -0.2) is 37.1 Å². The zero-order valence-electron chi connectivity index (χ0n) is 10.1. The molecule has 0 aromatic heterocycles. The van der Waals surface area contributed by atoms with E-state index in [1.807, 2.05) is 31.2 Å². The maximum Gasteiger partial charge on any atom is 0.161 e. The lowest BCUT2D eigenvalue weighted by Crippen LogP contribution is -2.54. The summed E-state index contributed by atoms with van der Waals surface area (Å²) in [6.45, 7) is 2.53. The van der Waals surface area contributed by atoms with Crippen LogP contribution in [0.4, 0.5) is 0 Å². The van der Waals surface area contributed by atoms with E-state index < -0.39 is 6.10 Å². The Labute approximate surface area is 101 Å². The van der Waals surface area contributed by atoms with Gasteiger partial charge in [-0.3, -0.25) is 0 Å². The number of methoxy groups -OCH3 is 1. The molecule has 0 spiro atoms. The first-order valence-electron chi connectivity index (χ1n) is 5.85. The summed E-state index contributed by atoms with van der Waals surface area (Å²) in [5, 5.41) is 9.49. The highest BCUT2D eigenvalue weighted by Crippen LogP contribution is 2.33. The zero-order valence-corrected chi connectivity index (χ0v) is 10.1. The molecule has 17 heavy (non-hydrogen) atoms. The fourth-order valence-electron chi connectivity index (χ4n) is 1.97. The number of benzene rings is 1. The van der Waals surface area contributed by atoms with Gasteiger partial charge in [-0.1, -0.05) is 12.1 Å². The second kappa shape index (κ2) is 5.38. The Morgan fingerprint density at radius 3 is 2.59 bits per heavy atom. The SMILES string of the molecule is CCOc1ccccc1OC1CC(O)C1OC. The van der Waals surface area contributed by atoms with E-state index in [9.17, 15) is 5.11 Å². The van der Waals surface area contributed by atoms with Crippen LogP contribution in [0.1, 0.15) is 13.3 Å². The van der Waals surface area contributed by atoms with E-state index in [0.29, 0.717) is 18.8 Å². The fraction of sp³-hybridized carbons (Fsp3) is 0.538. The Balaban J connectivity index is 2.03. The zero-order chi connectivity index (χ0) is 12.3. The molecule has 1 aliphatic carbocycles. The minimum absolute atomic E-state index is 0.100. The number of aliphatic hydroxyl groups excluding tert-OH is 1. The number of ether oxygens (including phenoxy) is 3. The molecule has 4 nitrogen and oxygen atoms in total. The van der Waals surface area contributed by atoms with Crippen molar-refractivity contribution in [3.8, 4) is 11.5 Å². The number of para-hydroxylation sites is 2. The monoisotopic (exact) mass is 238 g/mol. The van der Waals surface area contributed by atoms with E-state index in [1.54, 1.807) is 7.11 Å². The molecule has 1 saturated carbocycles. The van der Waals surface area contributed by atoms with Crippen molar-refractivity contribution in [1.82, 2.24) is 0 Å². The Bertz CT molecular complexity index is 366. The molecule has 2 rings (SSSR count). The summed E-state index contributed by atoms with van der Waals surface area (Å²) in [5.74, 6) is 1.43. The summed E-state index contributed by atoms with van der Waals surface area (Å²) in [5.41, 5.74) is 0. The minimum atomic E-state index is -0.427. The summed E-state index contributed by atoms with van der Waals surface area (Å²) >= 11 is 0. The van der Waals surface area contributed by atoms with Crippen LogP contribution in [0.3, 0.4) is 0 Å². The number of rotatable bonds is 5. The predicted molar refractivity (Wildman–Crippen MR) is 63.4 cm³/mol. The predicted octanol–water partition coefficient (Wildman–Crippen LogP) is 1.61. The molecule has 94 valence electrons. The minimum Gasteiger partial charge on any atom is -0.490 e. The van der Waals surface area contributed by atoms with E-state index in [4.69, 9.17) is 14.2 Å². The summed E-state index contributed by atoms with van der Waals surface area (Å²) in [6, 6.07) is 7.54. The molecule has 0 aliphatic heterocycles. The van der Waals surface area contributed by atoms with Crippen LogP contribution in [0.25, 0.3) is 0 Å². The Kier molecular flexibility index (Phi) is 3.86. The van der Waals surface area contributed by atoms with Crippen molar-refractivity contribution in [2.45, 2.75) is 31.7 Å². The molecule has 4 heteroatoms. The van der Waals surface area contributed by atoms with Crippen molar-refractivity contribution in [1.29, 1.82) is 0 Å². The molecular weight excluding hydrogens is 220 g/mol. The first-order chi connectivity index (χ1) is 8.26. The van der Waals surface area contributed by atoms with Gasteiger partial charge in [0.2, 0.25) is 0 Å². The van der Waals surface area contributed by atoms with Gasteiger partial charge in [-0.05, 0) is 19.1 Å². The van der Waals surface area contributed by atoms with Gasteiger partial charge in [0.1, 0.15) is 12.2 Å². The van der Waals surface area contributed by atoms with Gasteiger partial charge in [0.25, 0.3) is 0 Å². The van der Waals surface area contributed by atoms with Gasteiger partial charge >= 0.3 is 0 Å². The summed E-state index contributed by atoms with van der Waals surface area (Å²) in [6.07, 6.45) is -0.176. The van der Waals surface area contributed by atoms with Gasteiger partial charge in [-0.15, -0.1) is 0 Å². The standard InChI is InChI=1S/C13H18O4/c1-3-16-10-6-4-5-7-11(10)17-12-8-9(14)13(12)15-2/h4-7,9,12-14H,3,8H2,1-2H3. The lowest BCUT2D eigenvalue weighted by atomic mass is 9.88. The van der Waals surface area contributed by atoms with Gasteiger partial charge in [-0.25, -0.2) is 0 Å². The van der Waals surface area contributed by atoms with Crippen molar-refractivity contribution in [2.75, 3.05) is 13.7 Å². The van der Waals surface area contributed by atoms with Crippen LogP contribution in [0.5, 0.6) is 11.5 Å². The molecule has 0 amide bonds. The maximum atomic E-state index is 9.49. The van der Waals surface area contributed by atoms with Gasteiger partial charge < -0.3 is 19.3 Å². The van der Waals surface area contributed by atoms with Crippen LogP contribution in [0, 0.1) is 0 Å². The molecule has 0 saturated heterocycles. The molecule has 1 aromatic carbocycles. The number of aliphatic hydroxyl groups is 1. The number of hydrogen-bond acceptors (Lipinski definition) is 4. The first kappa shape index (κ1) is 12.2. The van der Waals surface area contributed by atoms with E-state index in [2.05, 4.69) is 0 Å². The van der Waals surface area contributed by atoms with Crippen LogP contribution in [-0.2, 0) is 4.74 Å². The molecular formula is C13H18O4. The normalized spacial score (nSPS) is 27.4. The maximum absolute atomic E-state index is 9.49. The van der Waals surface area contributed by atoms with Gasteiger partial charge in [-0.2, -0.15) is 0 Å². The highest BCUT2D eigenvalue weighted by atomic mass is 16.6. The van der Waals surface area contributed by atoms with E-state index in [-0.39, 0.29) is 12.2 Å². The summed E-state index contributed by atoms with van der Waals surface area (Å²) in [4.78, 5) is 0. The van der Waals surface area contributed by atoms with E-state index in [1.165, 1.54) is 0 Å². The quantitative estimate of drug-likeness (QED) is 0.846. The van der Waals surface area contributed by atoms with Gasteiger partial charge in [0, 0.05) is 13.5 Å². The average molecular weight is 238 g/mol. The number of hydrogen-bond donors (Lipinski definition) is 1. The molecule has 1 N–H and O–H groups in total. The van der Waals surface area contributed by atoms with Crippen molar-refractivity contribution in [3.05, 3.63) is 24.3 Å². The molecule has 1 aromatic rings. The van der Waals surface area contributed by atoms with Crippen molar-refractivity contribution < 1.29 is 19.3 Å². The largest absolute Gasteiger partial charge is 0.490 e. The third-order valence-corrected chi connectivity index (χ3v) is 2.92. The van der Waals surface area contributed by atoms with E-state index >= 15 is 0 Å². The van der Waals surface area contributed by atoms with Gasteiger partial charge in [0.05, 0.1) is 12.7 Å². The van der Waals surface area contributed by atoms with E-state index in [0.717, 1.165) is 5.75 Å². The lowest BCUT2D eigenvalue weighted by molar-refractivity contribution is -0.149. The van der Waals surface area contributed by atoms with Gasteiger partial charge in [0.15, 0.2) is 11.5 Å². The van der Waals surface area contributed by atoms with Crippen LogP contribution in [0.2, 0.25) is 0 Å². The van der Waals surface area contributed by atoms with Crippen molar-refractivity contribution >= 4 is 0 Å². The summed E-state index contributed by atoms with van der Waals surface area (Å²) < 4.78 is 16.4. The molecule has 1 fully saturated rings. The second-order valence-corrected chi connectivity index (χ2v) is 4.04. The van der Waals surface area contributed by atoms with Crippen molar-refractivity contribution in [3.63, 3.8) is 0 Å². The molecule has 0 bridgehead atoms. The third kappa shape index (κ3) is 2.53. The summed E-state index contributed by atoms with van der Waals surface area (Å²) in [7, 11) is 1.58. The van der Waals surface area contributed by atoms with Crippen LogP contribution >= 0.6 is 0 Å². The highest BCUT2D eigenvalue weighted by Gasteiger charge is 2.42. The molecule has 0 heterocycles. The smallest absolute Gasteiger partial charge is 0.161 e. The fourth-order valence-corrected chi connectivity index (χ4v) is 1.97. The molecule has 3 atom stereocenters.